The molecule has 0 radical (unpaired) electrons. The van der Waals surface area contributed by atoms with E-state index < -0.39 is 26.7 Å². The Labute approximate surface area is 178 Å². The predicted octanol–water partition coefficient (Wildman–Crippen LogP) is 2.60. The van der Waals surface area contributed by atoms with E-state index in [0.717, 1.165) is 34.1 Å². The molecule has 0 aromatic heterocycles. The molecule has 0 atom stereocenters. The molecule has 1 fully saturated rings. The molecule has 10 heteroatoms. The van der Waals surface area contributed by atoms with Crippen molar-refractivity contribution in [2.75, 3.05) is 44.2 Å². The lowest BCUT2D eigenvalue weighted by Crippen LogP contribution is -2.51. The summed E-state index contributed by atoms with van der Waals surface area (Å²) in [5.74, 6) is -0.0660. The first kappa shape index (κ1) is 21.8. The summed E-state index contributed by atoms with van der Waals surface area (Å²) in [6, 6.07) is 11.9. The second kappa shape index (κ2) is 8.25. The Bertz CT molecular complexity index is 1080. The van der Waals surface area contributed by atoms with Crippen LogP contribution in [0.25, 0.3) is 0 Å². The average molecular weight is 453 g/mol. The molecular formula is C21H22F3N3O3S. The second-order valence-corrected chi connectivity index (χ2v) is 9.50. The first-order valence-electron chi connectivity index (χ1n) is 9.95. The van der Waals surface area contributed by atoms with Crippen LogP contribution in [0.5, 0.6) is 0 Å². The van der Waals surface area contributed by atoms with E-state index in [4.69, 9.17) is 0 Å². The molecule has 31 heavy (non-hydrogen) atoms. The number of carbonyl (C=O) groups is 1. The van der Waals surface area contributed by atoms with Crippen molar-refractivity contribution < 1.29 is 26.4 Å². The number of hydrogen-bond donors (Lipinski definition) is 0. The Balaban J connectivity index is 1.41. The minimum Gasteiger partial charge on any atom is -0.311 e. The molecule has 0 unspecified atom stereocenters. The van der Waals surface area contributed by atoms with Crippen molar-refractivity contribution in [1.29, 1.82) is 0 Å². The molecule has 2 aromatic rings. The zero-order chi connectivity index (χ0) is 22.2. The van der Waals surface area contributed by atoms with E-state index in [0.29, 0.717) is 6.54 Å². The molecule has 166 valence electrons. The van der Waals surface area contributed by atoms with Crippen LogP contribution in [-0.2, 0) is 27.4 Å². The number of sulfonamides is 1. The first-order chi connectivity index (χ1) is 14.7. The third kappa shape index (κ3) is 4.32. The summed E-state index contributed by atoms with van der Waals surface area (Å²) in [6.07, 6.45) is -3.96. The zero-order valence-corrected chi connectivity index (χ0v) is 17.5. The molecule has 2 aliphatic rings. The molecule has 2 heterocycles. The molecule has 0 N–H and O–H groups in total. The molecule has 4 rings (SSSR count). The van der Waals surface area contributed by atoms with Crippen LogP contribution in [0.4, 0.5) is 18.9 Å². The Morgan fingerprint density at radius 3 is 2.26 bits per heavy atom. The van der Waals surface area contributed by atoms with Gasteiger partial charge in [0.25, 0.3) is 0 Å². The van der Waals surface area contributed by atoms with Crippen LogP contribution in [0, 0.1) is 0 Å². The lowest BCUT2D eigenvalue weighted by Gasteiger charge is -2.34. The summed E-state index contributed by atoms with van der Waals surface area (Å²) < 4.78 is 66.6. The van der Waals surface area contributed by atoms with Gasteiger partial charge >= 0.3 is 6.18 Å². The Morgan fingerprint density at radius 2 is 1.55 bits per heavy atom. The maximum atomic E-state index is 13.3. The van der Waals surface area contributed by atoms with Gasteiger partial charge in [-0.2, -0.15) is 17.5 Å². The third-order valence-electron chi connectivity index (χ3n) is 5.69. The molecule has 0 spiro atoms. The summed E-state index contributed by atoms with van der Waals surface area (Å²) in [6.45, 7) is 1.35. The number of nitrogens with zero attached hydrogens (tertiary/aromatic N) is 3. The molecule has 6 nitrogen and oxygen atoms in total. The van der Waals surface area contributed by atoms with Crippen LogP contribution < -0.4 is 4.90 Å². The number of benzene rings is 2. The van der Waals surface area contributed by atoms with Gasteiger partial charge in [0.1, 0.15) is 0 Å². The van der Waals surface area contributed by atoms with Crippen molar-refractivity contribution in [3.05, 3.63) is 59.7 Å². The molecule has 0 bridgehead atoms. The molecule has 2 aliphatic heterocycles. The number of piperazine rings is 1. The summed E-state index contributed by atoms with van der Waals surface area (Å²) in [5.41, 5.74) is 0.855. The van der Waals surface area contributed by atoms with Gasteiger partial charge in [-0.25, -0.2) is 8.42 Å². The quantitative estimate of drug-likeness (QED) is 0.714. The summed E-state index contributed by atoms with van der Waals surface area (Å²) >= 11 is 0. The Morgan fingerprint density at radius 1 is 0.903 bits per heavy atom. The van der Waals surface area contributed by atoms with Gasteiger partial charge in [-0.05, 0) is 30.2 Å². The number of alkyl halides is 3. The maximum absolute atomic E-state index is 13.3. The second-order valence-electron chi connectivity index (χ2n) is 7.60. The van der Waals surface area contributed by atoms with Crippen molar-refractivity contribution in [3.8, 4) is 0 Å². The van der Waals surface area contributed by atoms with E-state index >= 15 is 0 Å². The van der Waals surface area contributed by atoms with Gasteiger partial charge in [-0.1, -0.05) is 30.3 Å². The number of carbonyl (C=O) groups excluding carboxylic acids is 1. The van der Waals surface area contributed by atoms with Crippen molar-refractivity contribution in [1.82, 2.24) is 9.21 Å². The minimum atomic E-state index is -4.76. The van der Waals surface area contributed by atoms with Crippen LogP contribution in [0.2, 0.25) is 0 Å². The van der Waals surface area contributed by atoms with E-state index in [2.05, 4.69) is 0 Å². The lowest BCUT2D eigenvalue weighted by molar-refractivity contribution is -0.140. The zero-order valence-electron chi connectivity index (χ0n) is 16.7. The number of halogens is 3. The molecule has 1 amide bonds. The van der Waals surface area contributed by atoms with Gasteiger partial charge in [-0.3, -0.25) is 9.69 Å². The smallest absolute Gasteiger partial charge is 0.311 e. The van der Waals surface area contributed by atoms with E-state index in [9.17, 15) is 26.4 Å². The molecular weight excluding hydrogens is 431 g/mol. The van der Waals surface area contributed by atoms with E-state index in [1.54, 1.807) is 4.90 Å². The number of rotatable bonds is 4. The minimum absolute atomic E-state index is 0.0262. The first-order valence-corrected chi connectivity index (χ1v) is 11.4. The van der Waals surface area contributed by atoms with Crippen molar-refractivity contribution >= 4 is 21.6 Å². The fourth-order valence-electron chi connectivity index (χ4n) is 4.07. The highest BCUT2D eigenvalue weighted by molar-refractivity contribution is 7.89. The number of para-hydroxylation sites is 1. The van der Waals surface area contributed by atoms with Crippen LogP contribution in [0.3, 0.4) is 0 Å². The van der Waals surface area contributed by atoms with E-state index in [1.807, 2.05) is 29.2 Å². The van der Waals surface area contributed by atoms with Crippen molar-refractivity contribution in [3.63, 3.8) is 0 Å². The fraction of sp³-hybridized carbons (Fsp3) is 0.381. The van der Waals surface area contributed by atoms with Gasteiger partial charge in [0.05, 0.1) is 17.0 Å². The highest BCUT2D eigenvalue weighted by Gasteiger charge is 2.39. The van der Waals surface area contributed by atoms with Crippen molar-refractivity contribution in [2.45, 2.75) is 17.5 Å². The van der Waals surface area contributed by atoms with Gasteiger partial charge in [0, 0.05) is 38.4 Å². The predicted molar refractivity (Wildman–Crippen MR) is 109 cm³/mol. The number of hydrogen-bond acceptors (Lipinski definition) is 4. The van der Waals surface area contributed by atoms with Crippen LogP contribution in [-0.4, -0.2) is 62.8 Å². The molecule has 0 aliphatic carbocycles. The van der Waals surface area contributed by atoms with Crippen molar-refractivity contribution in [2.24, 2.45) is 0 Å². The summed E-state index contributed by atoms with van der Waals surface area (Å²) in [4.78, 5) is 15.6. The maximum Gasteiger partial charge on any atom is 0.417 e. The Kier molecular flexibility index (Phi) is 5.80. The van der Waals surface area contributed by atoms with Gasteiger partial charge in [0.15, 0.2) is 0 Å². The SMILES string of the molecule is O=C(CN1CCN(S(=O)(=O)c2ccccc2C(F)(F)F)CC1)N1CCc2ccccc21. The monoisotopic (exact) mass is 453 g/mol. The topological polar surface area (TPSA) is 60.9 Å². The normalized spacial score (nSPS) is 18.2. The standard InChI is InChI=1S/C21H22F3N3O3S/c22-21(23,24)17-6-2-4-8-19(17)31(29,30)26-13-11-25(12-14-26)15-20(28)27-10-9-16-5-1-3-7-18(16)27/h1-8H,9-15H2. The summed E-state index contributed by atoms with van der Waals surface area (Å²) in [7, 11) is -4.29. The molecule has 1 saturated heterocycles. The van der Waals surface area contributed by atoms with Gasteiger partial charge in [0.2, 0.25) is 15.9 Å². The van der Waals surface area contributed by atoms with Crippen LogP contribution in [0.1, 0.15) is 11.1 Å². The largest absolute Gasteiger partial charge is 0.417 e. The third-order valence-corrected chi connectivity index (χ3v) is 7.65. The van der Waals surface area contributed by atoms with E-state index in [-0.39, 0.29) is 38.6 Å². The fourth-order valence-corrected chi connectivity index (χ4v) is 5.70. The summed E-state index contributed by atoms with van der Waals surface area (Å²) in [5, 5.41) is 0. The highest BCUT2D eigenvalue weighted by atomic mass is 32.2. The number of amides is 1. The highest BCUT2D eigenvalue weighted by Crippen LogP contribution is 2.35. The average Bonchev–Trinajstić information content (AvgIpc) is 3.18. The molecule has 2 aromatic carbocycles. The number of fused-ring (bicyclic) bond motifs is 1. The van der Waals surface area contributed by atoms with Crippen LogP contribution in [0.15, 0.2) is 53.4 Å². The van der Waals surface area contributed by atoms with Gasteiger partial charge < -0.3 is 4.90 Å². The Hall–Kier alpha value is -2.43. The van der Waals surface area contributed by atoms with Gasteiger partial charge in [-0.15, -0.1) is 0 Å². The number of anilines is 1. The van der Waals surface area contributed by atoms with Crippen LogP contribution >= 0.6 is 0 Å². The molecule has 0 saturated carbocycles. The lowest BCUT2D eigenvalue weighted by atomic mass is 10.2. The van der Waals surface area contributed by atoms with E-state index in [1.165, 1.54) is 12.1 Å².